The van der Waals surface area contributed by atoms with Gasteiger partial charge < -0.3 is 4.74 Å². The van der Waals surface area contributed by atoms with Gasteiger partial charge in [-0.15, -0.1) is 0 Å². The molecule has 1 fully saturated rings. The van der Waals surface area contributed by atoms with E-state index >= 15 is 0 Å². The van der Waals surface area contributed by atoms with Crippen LogP contribution in [0.2, 0.25) is 0 Å². The standard InChI is InChI=1S/C14H14BrNO2/c1-9-5-6-13(18-9)14(17)12(8-16)10-3-2-4-11(15)7-10/h2-4,7,9,12-13H,5-6H2,1H3. The van der Waals surface area contributed by atoms with Crippen LogP contribution < -0.4 is 0 Å². The molecule has 0 spiro atoms. The molecule has 3 atom stereocenters. The third-order valence-electron chi connectivity index (χ3n) is 3.14. The molecule has 0 N–H and O–H groups in total. The highest BCUT2D eigenvalue weighted by atomic mass is 79.9. The lowest BCUT2D eigenvalue weighted by atomic mass is 9.92. The van der Waals surface area contributed by atoms with Crippen LogP contribution in [-0.2, 0) is 9.53 Å². The third-order valence-corrected chi connectivity index (χ3v) is 3.64. The van der Waals surface area contributed by atoms with Gasteiger partial charge in [0.1, 0.15) is 12.0 Å². The number of Topliss-reactive ketones (excluding diaryl/α,β-unsaturated/α-hetero) is 1. The topological polar surface area (TPSA) is 50.1 Å². The fraction of sp³-hybridized carbons (Fsp3) is 0.429. The predicted molar refractivity (Wildman–Crippen MR) is 71.1 cm³/mol. The Morgan fingerprint density at radius 2 is 2.33 bits per heavy atom. The molecule has 4 heteroatoms. The molecule has 3 nitrogen and oxygen atoms in total. The first kappa shape index (κ1) is 13.3. The van der Waals surface area contributed by atoms with Crippen molar-refractivity contribution in [2.45, 2.75) is 37.9 Å². The Morgan fingerprint density at radius 3 is 2.89 bits per heavy atom. The van der Waals surface area contributed by atoms with Crippen molar-refractivity contribution in [1.29, 1.82) is 5.26 Å². The van der Waals surface area contributed by atoms with E-state index in [4.69, 9.17) is 4.74 Å². The van der Waals surface area contributed by atoms with Gasteiger partial charge in [-0.2, -0.15) is 5.26 Å². The summed E-state index contributed by atoms with van der Waals surface area (Å²) in [6, 6.07) is 9.40. The van der Waals surface area contributed by atoms with E-state index in [1.165, 1.54) is 0 Å². The molecule has 3 unspecified atom stereocenters. The molecule has 0 aliphatic carbocycles. The Kier molecular flexibility index (Phi) is 4.15. The predicted octanol–water partition coefficient (Wildman–Crippen LogP) is 3.19. The van der Waals surface area contributed by atoms with Crippen LogP contribution >= 0.6 is 15.9 Å². The lowest BCUT2D eigenvalue weighted by molar-refractivity contribution is -0.129. The summed E-state index contributed by atoms with van der Waals surface area (Å²) in [4.78, 5) is 12.3. The number of carbonyl (C=O) groups is 1. The van der Waals surface area contributed by atoms with Crippen molar-refractivity contribution in [3.05, 3.63) is 34.3 Å². The Balaban J connectivity index is 2.19. The van der Waals surface area contributed by atoms with E-state index in [1.54, 1.807) is 6.07 Å². The summed E-state index contributed by atoms with van der Waals surface area (Å²) in [7, 11) is 0. The minimum atomic E-state index is -0.738. The second kappa shape index (κ2) is 5.64. The SMILES string of the molecule is CC1CCC(C(=O)C(C#N)c2cccc(Br)c2)O1. The van der Waals surface area contributed by atoms with E-state index < -0.39 is 12.0 Å². The van der Waals surface area contributed by atoms with Gasteiger partial charge in [0.2, 0.25) is 0 Å². The molecule has 1 aliphatic rings. The van der Waals surface area contributed by atoms with Crippen LogP contribution in [0.1, 0.15) is 31.2 Å². The summed E-state index contributed by atoms with van der Waals surface area (Å²) < 4.78 is 6.41. The van der Waals surface area contributed by atoms with Gasteiger partial charge in [0, 0.05) is 4.47 Å². The molecule has 0 saturated carbocycles. The molecular weight excluding hydrogens is 294 g/mol. The quantitative estimate of drug-likeness (QED) is 0.861. The maximum absolute atomic E-state index is 12.3. The van der Waals surface area contributed by atoms with Crippen LogP contribution in [0.4, 0.5) is 0 Å². The van der Waals surface area contributed by atoms with Crippen molar-refractivity contribution in [2.75, 3.05) is 0 Å². The minimum absolute atomic E-state index is 0.112. The van der Waals surface area contributed by atoms with Crippen molar-refractivity contribution < 1.29 is 9.53 Å². The summed E-state index contributed by atoms with van der Waals surface area (Å²) in [5.41, 5.74) is 0.722. The zero-order chi connectivity index (χ0) is 13.1. The fourth-order valence-electron chi connectivity index (χ4n) is 2.19. The van der Waals surface area contributed by atoms with E-state index in [0.29, 0.717) is 6.42 Å². The molecule has 1 aromatic carbocycles. The van der Waals surface area contributed by atoms with E-state index in [2.05, 4.69) is 22.0 Å². The molecule has 0 aromatic heterocycles. The highest BCUT2D eigenvalue weighted by molar-refractivity contribution is 9.10. The summed E-state index contributed by atoms with van der Waals surface area (Å²) >= 11 is 3.35. The number of rotatable bonds is 3. The summed E-state index contributed by atoms with van der Waals surface area (Å²) in [6.45, 7) is 1.95. The van der Waals surface area contributed by atoms with Gasteiger partial charge in [0.25, 0.3) is 0 Å². The van der Waals surface area contributed by atoms with Crippen LogP contribution in [0.25, 0.3) is 0 Å². The van der Waals surface area contributed by atoms with Gasteiger partial charge in [-0.3, -0.25) is 4.79 Å². The minimum Gasteiger partial charge on any atom is -0.367 e. The first-order valence-corrected chi connectivity index (χ1v) is 6.75. The van der Waals surface area contributed by atoms with Crippen molar-refractivity contribution in [3.63, 3.8) is 0 Å². The number of hydrogen-bond donors (Lipinski definition) is 0. The number of benzene rings is 1. The number of hydrogen-bond acceptors (Lipinski definition) is 3. The van der Waals surface area contributed by atoms with Gasteiger partial charge in [-0.25, -0.2) is 0 Å². The second-order valence-electron chi connectivity index (χ2n) is 4.53. The van der Waals surface area contributed by atoms with Gasteiger partial charge in [0.15, 0.2) is 5.78 Å². The molecule has 2 rings (SSSR count). The van der Waals surface area contributed by atoms with E-state index in [9.17, 15) is 10.1 Å². The molecule has 1 aliphatic heterocycles. The molecule has 0 amide bonds. The normalized spacial score (nSPS) is 24.5. The Labute approximate surface area is 115 Å². The number of carbonyl (C=O) groups excluding carboxylic acids is 1. The number of ether oxygens (including phenoxy) is 1. The second-order valence-corrected chi connectivity index (χ2v) is 5.45. The van der Waals surface area contributed by atoms with Crippen LogP contribution in [0.15, 0.2) is 28.7 Å². The van der Waals surface area contributed by atoms with Gasteiger partial charge >= 0.3 is 0 Å². The Morgan fingerprint density at radius 1 is 1.56 bits per heavy atom. The van der Waals surface area contributed by atoms with E-state index in [-0.39, 0.29) is 11.9 Å². The average Bonchev–Trinajstić information content (AvgIpc) is 2.77. The number of halogens is 1. The van der Waals surface area contributed by atoms with Gasteiger partial charge in [0.05, 0.1) is 12.2 Å². The van der Waals surface area contributed by atoms with E-state index in [0.717, 1.165) is 16.5 Å². The van der Waals surface area contributed by atoms with E-state index in [1.807, 2.05) is 25.1 Å². The van der Waals surface area contributed by atoms with Gasteiger partial charge in [-0.1, -0.05) is 28.1 Å². The first-order valence-electron chi connectivity index (χ1n) is 5.96. The zero-order valence-corrected chi connectivity index (χ0v) is 11.7. The third kappa shape index (κ3) is 2.80. The molecular formula is C14H14BrNO2. The van der Waals surface area contributed by atoms with Crippen molar-refractivity contribution in [1.82, 2.24) is 0 Å². The zero-order valence-electron chi connectivity index (χ0n) is 10.1. The number of nitrogens with zero attached hydrogens (tertiary/aromatic N) is 1. The monoisotopic (exact) mass is 307 g/mol. The molecule has 94 valence electrons. The molecule has 18 heavy (non-hydrogen) atoms. The lowest BCUT2D eigenvalue weighted by Crippen LogP contribution is -2.26. The summed E-state index contributed by atoms with van der Waals surface area (Å²) in [5, 5.41) is 9.23. The molecule has 0 bridgehead atoms. The molecule has 1 saturated heterocycles. The maximum Gasteiger partial charge on any atom is 0.183 e. The fourth-order valence-corrected chi connectivity index (χ4v) is 2.60. The van der Waals surface area contributed by atoms with Crippen LogP contribution in [0, 0.1) is 11.3 Å². The smallest absolute Gasteiger partial charge is 0.183 e. The van der Waals surface area contributed by atoms with Crippen LogP contribution in [0.5, 0.6) is 0 Å². The summed E-state index contributed by atoms with van der Waals surface area (Å²) in [6.07, 6.45) is 1.28. The van der Waals surface area contributed by atoms with Crippen molar-refractivity contribution in [3.8, 4) is 6.07 Å². The Hall–Kier alpha value is -1.18. The van der Waals surface area contributed by atoms with Crippen molar-refractivity contribution in [2.24, 2.45) is 0 Å². The molecule has 0 radical (unpaired) electrons. The number of nitriles is 1. The van der Waals surface area contributed by atoms with Crippen LogP contribution in [0.3, 0.4) is 0 Å². The highest BCUT2D eigenvalue weighted by Gasteiger charge is 2.33. The highest BCUT2D eigenvalue weighted by Crippen LogP contribution is 2.27. The maximum atomic E-state index is 12.3. The lowest BCUT2D eigenvalue weighted by Gasteiger charge is -2.14. The summed E-state index contributed by atoms with van der Waals surface area (Å²) in [5.74, 6) is -0.863. The molecule has 1 aromatic rings. The average molecular weight is 308 g/mol. The first-order chi connectivity index (χ1) is 8.61. The van der Waals surface area contributed by atoms with Gasteiger partial charge in [-0.05, 0) is 37.5 Å². The molecule has 1 heterocycles. The van der Waals surface area contributed by atoms with Crippen molar-refractivity contribution >= 4 is 21.7 Å². The Bertz CT molecular complexity index is 495. The van der Waals surface area contributed by atoms with Crippen LogP contribution in [-0.4, -0.2) is 18.0 Å². The largest absolute Gasteiger partial charge is 0.367 e. The number of ketones is 1.